The number of rotatable bonds is 4. The second-order valence-corrected chi connectivity index (χ2v) is 7.54. The Hall–Kier alpha value is -3.01. The number of piperidine rings is 1. The van der Waals surface area contributed by atoms with Crippen molar-refractivity contribution in [2.75, 3.05) is 37.6 Å². The summed E-state index contributed by atoms with van der Waals surface area (Å²) in [6.07, 6.45) is 7.25. The molecule has 0 aliphatic carbocycles. The van der Waals surface area contributed by atoms with Crippen molar-refractivity contribution in [2.45, 2.75) is 25.3 Å². The molecule has 2 fully saturated rings. The molecule has 1 amide bonds. The predicted octanol–water partition coefficient (Wildman–Crippen LogP) is 0.790. The molecule has 10 nitrogen and oxygen atoms in total. The van der Waals surface area contributed by atoms with Gasteiger partial charge in [-0.3, -0.25) is 14.3 Å². The summed E-state index contributed by atoms with van der Waals surface area (Å²) in [5.74, 6) is 1.25. The zero-order chi connectivity index (χ0) is 20.4. The third-order valence-electron chi connectivity index (χ3n) is 6.09. The average Bonchev–Trinajstić information content (AvgIpc) is 3.29. The summed E-state index contributed by atoms with van der Waals surface area (Å²) in [7, 11) is 0. The Balaban J connectivity index is 1.52. The van der Waals surface area contributed by atoms with Crippen LogP contribution >= 0.6 is 0 Å². The topological polar surface area (TPSA) is 116 Å². The Labute approximate surface area is 168 Å². The normalized spacial score (nSPS) is 23.2. The van der Waals surface area contributed by atoms with Crippen molar-refractivity contribution in [3.8, 4) is 5.95 Å². The van der Waals surface area contributed by atoms with Crippen LogP contribution in [0.5, 0.6) is 0 Å². The standard InChI is InChI=1S/C19H25N7O3/c1-14(27)19(12-20-7-11-26(19)18(28)29)15-3-8-24(9-4-15)16-2-5-22-17(23-16)25-10-6-21-13-25/h2,5-6,10,13,15,20H,3-4,7-9,11-12H2,1H3,(H,28,29). The number of nitrogens with one attached hydrogen (secondary N) is 1. The lowest BCUT2D eigenvalue weighted by Crippen LogP contribution is -2.70. The van der Waals surface area contributed by atoms with Crippen LogP contribution in [-0.4, -0.2) is 79.7 Å². The van der Waals surface area contributed by atoms with Crippen LogP contribution in [0.25, 0.3) is 5.95 Å². The van der Waals surface area contributed by atoms with Crippen LogP contribution in [0.2, 0.25) is 0 Å². The van der Waals surface area contributed by atoms with Gasteiger partial charge in [0.25, 0.3) is 0 Å². The van der Waals surface area contributed by atoms with E-state index in [4.69, 9.17) is 0 Å². The molecule has 0 saturated carbocycles. The van der Waals surface area contributed by atoms with Gasteiger partial charge in [0.1, 0.15) is 17.7 Å². The van der Waals surface area contributed by atoms with E-state index in [9.17, 15) is 14.7 Å². The van der Waals surface area contributed by atoms with E-state index in [1.165, 1.54) is 11.8 Å². The molecule has 1 unspecified atom stereocenters. The SMILES string of the molecule is CC(=O)C1(C2CCN(c3ccnc(-n4ccnc4)n3)CC2)CNCCN1C(=O)O. The van der Waals surface area contributed by atoms with Crippen LogP contribution in [-0.2, 0) is 4.79 Å². The van der Waals surface area contributed by atoms with Gasteiger partial charge < -0.3 is 15.3 Å². The lowest BCUT2D eigenvalue weighted by molar-refractivity contribution is -0.133. The maximum Gasteiger partial charge on any atom is 0.408 e. The number of aromatic nitrogens is 4. The molecule has 4 heterocycles. The number of anilines is 1. The number of carbonyl (C=O) groups excluding carboxylic acids is 1. The molecule has 0 spiro atoms. The van der Waals surface area contributed by atoms with Crippen molar-refractivity contribution in [1.82, 2.24) is 29.7 Å². The number of ketones is 1. The van der Waals surface area contributed by atoms with E-state index in [1.807, 2.05) is 6.07 Å². The van der Waals surface area contributed by atoms with Crippen LogP contribution in [0.15, 0.2) is 31.0 Å². The van der Waals surface area contributed by atoms with Gasteiger partial charge in [0.05, 0.1) is 0 Å². The van der Waals surface area contributed by atoms with Crippen molar-refractivity contribution in [3.05, 3.63) is 31.0 Å². The van der Waals surface area contributed by atoms with Crippen molar-refractivity contribution < 1.29 is 14.7 Å². The summed E-state index contributed by atoms with van der Waals surface area (Å²) in [5.41, 5.74) is -0.996. The molecule has 2 aromatic heterocycles. The second-order valence-electron chi connectivity index (χ2n) is 7.54. The van der Waals surface area contributed by atoms with E-state index in [1.54, 1.807) is 29.5 Å². The van der Waals surface area contributed by atoms with E-state index in [0.29, 0.717) is 38.7 Å². The molecule has 0 aromatic carbocycles. The molecule has 0 bridgehead atoms. The largest absolute Gasteiger partial charge is 0.465 e. The lowest BCUT2D eigenvalue weighted by atomic mass is 9.73. The highest BCUT2D eigenvalue weighted by molar-refractivity contribution is 5.90. The Bertz CT molecular complexity index is 880. The van der Waals surface area contributed by atoms with E-state index >= 15 is 0 Å². The fraction of sp³-hybridized carbons (Fsp3) is 0.526. The summed E-state index contributed by atoms with van der Waals surface area (Å²) in [5, 5.41) is 13.0. The molecule has 29 heavy (non-hydrogen) atoms. The molecule has 2 N–H and O–H groups in total. The van der Waals surface area contributed by atoms with Gasteiger partial charge in [-0.25, -0.2) is 14.8 Å². The van der Waals surface area contributed by atoms with E-state index in [2.05, 4.69) is 25.2 Å². The fourth-order valence-corrected chi connectivity index (χ4v) is 4.60. The Kier molecular flexibility index (Phi) is 5.18. The third-order valence-corrected chi connectivity index (χ3v) is 6.09. The molecule has 2 aliphatic heterocycles. The van der Waals surface area contributed by atoms with E-state index in [0.717, 1.165) is 18.7 Å². The maximum atomic E-state index is 12.7. The summed E-state index contributed by atoms with van der Waals surface area (Å²) in [6.45, 7) is 4.18. The van der Waals surface area contributed by atoms with Gasteiger partial charge in [-0.05, 0) is 31.7 Å². The maximum absolute atomic E-state index is 12.7. The number of carbonyl (C=O) groups is 2. The molecular weight excluding hydrogens is 374 g/mol. The predicted molar refractivity (Wildman–Crippen MR) is 105 cm³/mol. The first-order chi connectivity index (χ1) is 14.0. The summed E-state index contributed by atoms with van der Waals surface area (Å²) < 4.78 is 1.75. The van der Waals surface area contributed by atoms with Crippen LogP contribution in [0.3, 0.4) is 0 Å². The fourth-order valence-electron chi connectivity index (χ4n) is 4.60. The monoisotopic (exact) mass is 399 g/mol. The van der Waals surface area contributed by atoms with E-state index < -0.39 is 11.6 Å². The minimum atomic E-state index is -1.02. The number of carboxylic acid groups (broad SMARTS) is 1. The zero-order valence-corrected chi connectivity index (χ0v) is 16.4. The van der Waals surface area contributed by atoms with Gasteiger partial charge in [0, 0.05) is 51.3 Å². The number of hydrogen-bond donors (Lipinski definition) is 2. The first-order valence-electron chi connectivity index (χ1n) is 9.81. The van der Waals surface area contributed by atoms with Crippen LogP contribution in [0.1, 0.15) is 19.8 Å². The highest BCUT2D eigenvalue weighted by Crippen LogP contribution is 2.36. The molecule has 2 aromatic rings. The first-order valence-corrected chi connectivity index (χ1v) is 9.81. The number of piperazine rings is 1. The molecule has 1 atom stereocenters. The van der Waals surface area contributed by atoms with Gasteiger partial charge in [-0.15, -0.1) is 0 Å². The summed E-state index contributed by atoms with van der Waals surface area (Å²) >= 11 is 0. The molecular formula is C19H25N7O3. The molecule has 154 valence electrons. The summed E-state index contributed by atoms with van der Waals surface area (Å²) in [6, 6.07) is 1.87. The average molecular weight is 399 g/mol. The van der Waals surface area contributed by atoms with Crippen molar-refractivity contribution in [2.24, 2.45) is 5.92 Å². The minimum absolute atomic E-state index is 0.0323. The van der Waals surface area contributed by atoms with Crippen LogP contribution in [0, 0.1) is 5.92 Å². The quantitative estimate of drug-likeness (QED) is 0.775. The number of imidazole rings is 1. The number of nitrogens with zero attached hydrogens (tertiary/aromatic N) is 6. The third kappa shape index (κ3) is 3.44. The van der Waals surface area contributed by atoms with Crippen molar-refractivity contribution >= 4 is 17.7 Å². The highest BCUT2D eigenvalue weighted by Gasteiger charge is 2.52. The van der Waals surface area contributed by atoms with Gasteiger partial charge in [0.2, 0.25) is 5.95 Å². The van der Waals surface area contributed by atoms with Gasteiger partial charge >= 0.3 is 6.09 Å². The van der Waals surface area contributed by atoms with Crippen LogP contribution < -0.4 is 10.2 Å². The van der Waals surface area contributed by atoms with E-state index in [-0.39, 0.29) is 11.7 Å². The van der Waals surface area contributed by atoms with Crippen molar-refractivity contribution in [3.63, 3.8) is 0 Å². The molecule has 10 heteroatoms. The number of Topliss-reactive ketones (excluding diaryl/α,β-unsaturated/α-hetero) is 1. The minimum Gasteiger partial charge on any atom is -0.465 e. The number of hydrogen-bond acceptors (Lipinski definition) is 7. The summed E-state index contributed by atoms with van der Waals surface area (Å²) in [4.78, 5) is 41.0. The highest BCUT2D eigenvalue weighted by atomic mass is 16.4. The molecule has 0 radical (unpaired) electrons. The lowest BCUT2D eigenvalue weighted by Gasteiger charge is -2.51. The van der Waals surface area contributed by atoms with Crippen molar-refractivity contribution in [1.29, 1.82) is 0 Å². The van der Waals surface area contributed by atoms with Gasteiger partial charge in [0.15, 0.2) is 5.78 Å². The Morgan fingerprint density at radius 2 is 2.03 bits per heavy atom. The van der Waals surface area contributed by atoms with Gasteiger partial charge in [-0.2, -0.15) is 4.98 Å². The first kappa shape index (κ1) is 19.3. The smallest absolute Gasteiger partial charge is 0.408 e. The Morgan fingerprint density at radius 3 is 2.69 bits per heavy atom. The number of amides is 1. The zero-order valence-electron chi connectivity index (χ0n) is 16.4. The Morgan fingerprint density at radius 1 is 1.24 bits per heavy atom. The molecule has 2 saturated heterocycles. The second kappa shape index (κ2) is 7.78. The molecule has 4 rings (SSSR count). The molecule has 2 aliphatic rings. The van der Waals surface area contributed by atoms with Gasteiger partial charge in [-0.1, -0.05) is 0 Å². The van der Waals surface area contributed by atoms with Crippen LogP contribution in [0.4, 0.5) is 10.6 Å².